The van der Waals surface area contributed by atoms with Crippen LogP contribution in [-0.2, 0) is 0 Å². The molecule has 12 heavy (non-hydrogen) atoms. The normalized spacial score (nSPS) is 11.8. The van der Waals surface area contributed by atoms with Gasteiger partial charge in [0, 0.05) is 0 Å². The average molecular weight is 311 g/mol. The van der Waals surface area contributed by atoms with Crippen molar-refractivity contribution in [2.45, 2.75) is 14.8 Å². The molecule has 0 spiro atoms. The van der Waals surface area contributed by atoms with Crippen molar-refractivity contribution in [1.29, 1.82) is 0 Å². The molecule has 1 heterocycles. The van der Waals surface area contributed by atoms with Gasteiger partial charge in [-0.1, -0.05) is 0 Å². The summed E-state index contributed by atoms with van der Waals surface area (Å²) < 4.78 is 1.23. The first-order valence-corrected chi connectivity index (χ1v) is 14.5. The Kier molecular flexibility index (Phi) is 3.29. The second-order valence-corrected chi connectivity index (χ2v) is 18.8. The van der Waals surface area contributed by atoms with E-state index in [0.717, 1.165) is 0 Å². The van der Waals surface area contributed by atoms with Crippen LogP contribution in [0.1, 0.15) is 0 Å². The topological polar surface area (TPSA) is 12.9 Å². The van der Waals surface area contributed by atoms with Gasteiger partial charge in [0.05, 0.1) is 0 Å². The number of hydrogen-bond acceptors (Lipinski definition) is 1. The van der Waals surface area contributed by atoms with Crippen LogP contribution in [0.5, 0.6) is 0 Å². The first kappa shape index (κ1) is 10.6. The van der Waals surface area contributed by atoms with Gasteiger partial charge in [-0.2, -0.15) is 0 Å². The average Bonchev–Trinajstić information content (AvgIpc) is 1.83. The van der Waals surface area contributed by atoms with Gasteiger partial charge in [-0.25, -0.2) is 0 Å². The van der Waals surface area contributed by atoms with E-state index >= 15 is 0 Å². The summed E-state index contributed by atoms with van der Waals surface area (Å²) in [6, 6.07) is 3.82. The molecule has 0 radical (unpaired) electrons. The monoisotopic (exact) mass is 311 g/mol. The van der Waals surface area contributed by atoms with Crippen LogP contribution in [0.2, 0.25) is 25.1 Å². The van der Waals surface area contributed by atoms with Crippen molar-refractivity contribution in [3.05, 3.63) is 22.4 Å². The summed E-state index contributed by atoms with van der Waals surface area (Å²) in [7, 11) is 0. The van der Waals surface area contributed by atoms with Crippen molar-refractivity contribution >= 4 is 45.2 Å². The predicted octanol–water partition coefficient (Wildman–Crippen LogP) is 2.93. The van der Waals surface area contributed by atoms with Crippen molar-refractivity contribution in [3.63, 3.8) is 0 Å². The molecule has 0 N–H and O–H groups in total. The summed E-state index contributed by atoms with van der Waals surface area (Å²) in [5.41, 5.74) is 0. The van der Waals surface area contributed by atoms with Gasteiger partial charge >= 0.3 is 87.4 Å². The fourth-order valence-corrected chi connectivity index (χ4v) is 6.81. The molecule has 4 heteroatoms. The van der Waals surface area contributed by atoms with Crippen LogP contribution in [0.15, 0.2) is 12.1 Å². The molecular formula is C8H11Cl2NSn. The molecule has 0 saturated heterocycles. The Labute approximate surface area is 87.0 Å². The van der Waals surface area contributed by atoms with Crippen molar-refractivity contribution in [3.8, 4) is 0 Å². The molecule has 0 saturated carbocycles. The maximum atomic E-state index is 5.97. The van der Waals surface area contributed by atoms with E-state index in [1.807, 2.05) is 12.1 Å². The van der Waals surface area contributed by atoms with Gasteiger partial charge in [-0.05, 0) is 0 Å². The number of halogens is 2. The maximum absolute atomic E-state index is 5.97. The summed E-state index contributed by atoms with van der Waals surface area (Å²) in [5.74, 6) is 0. The number of nitrogens with zero attached hydrogens (tertiary/aromatic N) is 1. The van der Waals surface area contributed by atoms with Gasteiger partial charge < -0.3 is 0 Å². The Bertz CT molecular complexity index is 294. The van der Waals surface area contributed by atoms with Gasteiger partial charge in [0.25, 0.3) is 0 Å². The molecule has 0 bridgehead atoms. The minimum absolute atomic E-state index is 0.472. The predicted molar refractivity (Wildman–Crippen MR) is 57.2 cm³/mol. The van der Waals surface area contributed by atoms with E-state index in [0.29, 0.717) is 10.3 Å². The molecule has 0 aliphatic rings. The van der Waals surface area contributed by atoms with E-state index < -0.39 is 18.4 Å². The van der Waals surface area contributed by atoms with Crippen LogP contribution in [-0.4, -0.2) is 23.4 Å². The standard InChI is InChI=1S/C5H2Cl2N.3CH3.Sn/c6-4-2-1-3-5(7)8-4;;;;/h1-2H;3*1H3;. The van der Waals surface area contributed by atoms with Crippen molar-refractivity contribution in [2.75, 3.05) is 0 Å². The zero-order valence-electron chi connectivity index (χ0n) is 7.36. The third kappa shape index (κ3) is 2.51. The zero-order valence-corrected chi connectivity index (χ0v) is 11.7. The van der Waals surface area contributed by atoms with E-state index in [2.05, 4.69) is 19.8 Å². The molecule has 0 aromatic carbocycles. The van der Waals surface area contributed by atoms with Crippen LogP contribution in [0.4, 0.5) is 0 Å². The van der Waals surface area contributed by atoms with Crippen LogP contribution < -0.4 is 3.58 Å². The summed E-state index contributed by atoms with van der Waals surface area (Å²) in [5, 5.41) is 1.06. The Balaban J connectivity index is 3.19. The van der Waals surface area contributed by atoms with Crippen LogP contribution in [0.25, 0.3) is 0 Å². The molecule has 0 atom stereocenters. The van der Waals surface area contributed by atoms with Gasteiger partial charge in [0.15, 0.2) is 0 Å². The second kappa shape index (κ2) is 3.72. The zero-order chi connectivity index (χ0) is 9.35. The Hall–Kier alpha value is 0.529. The molecule has 0 amide bonds. The third-order valence-electron chi connectivity index (χ3n) is 1.62. The van der Waals surface area contributed by atoms with Crippen molar-refractivity contribution < 1.29 is 0 Å². The molecule has 0 fully saturated rings. The van der Waals surface area contributed by atoms with E-state index in [9.17, 15) is 0 Å². The summed E-state index contributed by atoms with van der Waals surface area (Å²) >= 11 is 9.61. The van der Waals surface area contributed by atoms with Gasteiger partial charge in [-0.15, -0.1) is 0 Å². The first-order chi connectivity index (χ1) is 5.41. The minimum atomic E-state index is -2.06. The summed E-state index contributed by atoms with van der Waals surface area (Å²) in [6.07, 6.45) is 0. The third-order valence-corrected chi connectivity index (χ3v) is 8.34. The Morgan fingerprint density at radius 3 is 2.17 bits per heavy atom. The van der Waals surface area contributed by atoms with E-state index in [-0.39, 0.29) is 0 Å². The molecule has 1 nitrogen and oxygen atoms in total. The SMILES string of the molecule is [CH3][Sn]([CH3])([CH3])[c]1ccc(Cl)nc1Cl. The van der Waals surface area contributed by atoms with E-state index in [4.69, 9.17) is 23.2 Å². The van der Waals surface area contributed by atoms with Crippen LogP contribution in [0.3, 0.4) is 0 Å². The molecule has 1 aromatic heterocycles. The van der Waals surface area contributed by atoms with Crippen LogP contribution >= 0.6 is 23.2 Å². The molecule has 1 rings (SSSR count). The quantitative estimate of drug-likeness (QED) is 0.574. The summed E-state index contributed by atoms with van der Waals surface area (Å²) in [6.45, 7) is 0. The fourth-order valence-electron chi connectivity index (χ4n) is 0.972. The molecular weight excluding hydrogens is 300 g/mol. The van der Waals surface area contributed by atoms with Crippen molar-refractivity contribution in [1.82, 2.24) is 4.98 Å². The van der Waals surface area contributed by atoms with Crippen LogP contribution in [0, 0.1) is 0 Å². The fraction of sp³-hybridized carbons (Fsp3) is 0.375. The van der Waals surface area contributed by atoms with E-state index in [1.165, 1.54) is 3.58 Å². The molecule has 0 unspecified atom stereocenters. The van der Waals surface area contributed by atoms with E-state index in [1.54, 1.807) is 0 Å². The molecule has 66 valence electrons. The summed E-state index contributed by atoms with van der Waals surface area (Å²) in [4.78, 5) is 10.9. The second-order valence-electron chi connectivity index (χ2n) is 3.72. The molecule has 1 aromatic rings. The number of aromatic nitrogens is 1. The van der Waals surface area contributed by atoms with Crippen molar-refractivity contribution in [2.24, 2.45) is 0 Å². The Morgan fingerprint density at radius 2 is 1.75 bits per heavy atom. The number of hydrogen-bond donors (Lipinski definition) is 0. The molecule has 0 aliphatic carbocycles. The Morgan fingerprint density at radius 1 is 1.17 bits per heavy atom. The molecule has 0 aliphatic heterocycles. The van der Waals surface area contributed by atoms with Gasteiger partial charge in [0.1, 0.15) is 0 Å². The number of pyridine rings is 1. The van der Waals surface area contributed by atoms with Gasteiger partial charge in [-0.3, -0.25) is 0 Å². The number of rotatable bonds is 1. The van der Waals surface area contributed by atoms with Gasteiger partial charge in [0.2, 0.25) is 0 Å². The first-order valence-electron chi connectivity index (χ1n) is 3.74.